The van der Waals surface area contributed by atoms with E-state index in [0.717, 1.165) is 11.4 Å². The molecule has 11 heavy (non-hydrogen) atoms. The normalized spacial score (nSPS) is 18.7. The highest BCUT2D eigenvalue weighted by molar-refractivity contribution is 5.79. The Morgan fingerprint density at radius 3 is 2.91 bits per heavy atom. The minimum Gasteiger partial charge on any atom is -0.350 e. The first-order valence-corrected chi connectivity index (χ1v) is 3.56. The molecular formula is C9H12N2. The van der Waals surface area contributed by atoms with Crippen molar-refractivity contribution in [1.29, 1.82) is 0 Å². The van der Waals surface area contributed by atoms with E-state index in [1.54, 1.807) is 12.4 Å². The summed E-state index contributed by atoms with van der Waals surface area (Å²) < 4.78 is 0. The van der Waals surface area contributed by atoms with Gasteiger partial charge in [-0.2, -0.15) is 0 Å². The van der Waals surface area contributed by atoms with Crippen molar-refractivity contribution in [2.24, 2.45) is 4.99 Å². The Morgan fingerprint density at radius 1 is 1.64 bits per heavy atom. The SMILES string of the molecule is C=CN(C)C1=CC=N/C1=C/C. The minimum atomic E-state index is 1.01. The summed E-state index contributed by atoms with van der Waals surface area (Å²) in [4.78, 5) is 6.11. The van der Waals surface area contributed by atoms with Gasteiger partial charge < -0.3 is 4.90 Å². The second-order valence-corrected chi connectivity index (χ2v) is 2.30. The Kier molecular flexibility index (Phi) is 2.26. The number of rotatable bonds is 2. The molecule has 0 saturated heterocycles. The molecule has 0 aromatic heterocycles. The van der Waals surface area contributed by atoms with E-state index in [9.17, 15) is 0 Å². The van der Waals surface area contributed by atoms with Gasteiger partial charge in [-0.05, 0) is 19.2 Å². The van der Waals surface area contributed by atoms with Crippen LogP contribution in [-0.4, -0.2) is 18.2 Å². The van der Waals surface area contributed by atoms with E-state index in [1.165, 1.54) is 0 Å². The number of likely N-dealkylation sites (N-methyl/N-ethyl adjacent to an activating group) is 1. The van der Waals surface area contributed by atoms with E-state index in [2.05, 4.69) is 11.6 Å². The van der Waals surface area contributed by atoms with Crippen molar-refractivity contribution >= 4 is 6.21 Å². The van der Waals surface area contributed by atoms with Gasteiger partial charge in [0.15, 0.2) is 0 Å². The van der Waals surface area contributed by atoms with Crippen LogP contribution < -0.4 is 0 Å². The van der Waals surface area contributed by atoms with Crippen molar-refractivity contribution in [3.8, 4) is 0 Å². The Hall–Kier alpha value is -1.31. The Morgan fingerprint density at radius 2 is 2.36 bits per heavy atom. The number of aliphatic imine (C=N–C) groups is 1. The van der Waals surface area contributed by atoms with Gasteiger partial charge in [0, 0.05) is 13.3 Å². The molecule has 1 aliphatic heterocycles. The molecule has 1 rings (SSSR count). The van der Waals surface area contributed by atoms with Gasteiger partial charge in [0.2, 0.25) is 0 Å². The molecule has 0 unspecified atom stereocenters. The van der Waals surface area contributed by atoms with Gasteiger partial charge in [0.1, 0.15) is 0 Å². The molecule has 0 aromatic rings. The molecule has 0 radical (unpaired) electrons. The molecule has 0 spiro atoms. The van der Waals surface area contributed by atoms with Crippen molar-refractivity contribution in [2.45, 2.75) is 6.92 Å². The summed E-state index contributed by atoms with van der Waals surface area (Å²) >= 11 is 0. The molecular weight excluding hydrogens is 136 g/mol. The van der Waals surface area contributed by atoms with E-state index >= 15 is 0 Å². The number of hydrogen-bond acceptors (Lipinski definition) is 2. The van der Waals surface area contributed by atoms with Gasteiger partial charge in [-0.1, -0.05) is 12.7 Å². The lowest BCUT2D eigenvalue weighted by molar-refractivity contribution is 0.583. The third-order valence-corrected chi connectivity index (χ3v) is 1.64. The van der Waals surface area contributed by atoms with Crippen LogP contribution in [0.2, 0.25) is 0 Å². The Bertz CT molecular complexity index is 246. The van der Waals surface area contributed by atoms with E-state index in [-0.39, 0.29) is 0 Å². The van der Waals surface area contributed by atoms with E-state index in [1.807, 2.05) is 31.0 Å². The van der Waals surface area contributed by atoms with Gasteiger partial charge in [0.25, 0.3) is 0 Å². The molecule has 0 amide bonds. The summed E-state index contributed by atoms with van der Waals surface area (Å²) in [5.74, 6) is 0. The zero-order valence-electron chi connectivity index (χ0n) is 6.91. The lowest BCUT2D eigenvalue weighted by Gasteiger charge is -2.14. The zero-order chi connectivity index (χ0) is 8.27. The van der Waals surface area contributed by atoms with Crippen LogP contribution in [0.5, 0.6) is 0 Å². The lowest BCUT2D eigenvalue weighted by atomic mass is 10.3. The molecule has 1 aliphatic rings. The Balaban J connectivity index is 2.84. The largest absolute Gasteiger partial charge is 0.350 e. The highest BCUT2D eigenvalue weighted by Crippen LogP contribution is 2.18. The molecule has 2 nitrogen and oxygen atoms in total. The molecule has 1 heterocycles. The third-order valence-electron chi connectivity index (χ3n) is 1.64. The average Bonchev–Trinajstić information content (AvgIpc) is 2.50. The summed E-state index contributed by atoms with van der Waals surface area (Å²) in [5.41, 5.74) is 2.11. The van der Waals surface area contributed by atoms with Gasteiger partial charge >= 0.3 is 0 Å². The molecule has 58 valence electrons. The summed E-state index contributed by atoms with van der Waals surface area (Å²) in [5, 5.41) is 0. The molecule has 0 aromatic carbocycles. The van der Waals surface area contributed by atoms with E-state index in [0.29, 0.717) is 0 Å². The van der Waals surface area contributed by atoms with Gasteiger partial charge in [-0.3, -0.25) is 4.99 Å². The van der Waals surface area contributed by atoms with Crippen LogP contribution in [-0.2, 0) is 0 Å². The predicted octanol–water partition coefficient (Wildman–Crippen LogP) is 1.93. The summed E-state index contributed by atoms with van der Waals surface area (Å²) in [6, 6.07) is 0. The van der Waals surface area contributed by atoms with Crippen molar-refractivity contribution in [2.75, 3.05) is 7.05 Å². The molecule has 0 bridgehead atoms. The topological polar surface area (TPSA) is 15.6 Å². The molecule has 0 saturated carbocycles. The summed E-state index contributed by atoms with van der Waals surface area (Å²) in [6.45, 7) is 5.65. The number of hydrogen-bond donors (Lipinski definition) is 0. The fourth-order valence-electron chi connectivity index (χ4n) is 0.959. The van der Waals surface area contributed by atoms with Gasteiger partial charge in [-0.25, -0.2) is 0 Å². The molecule has 0 atom stereocenters. The zero-order valence-corrected chi connectivity index (χ0v) is 6.91. The van der Waals surface area contributed by atoms with Crippen LogP contribution in [0.15, 0.2) is 41.3 Å². The van der Waals surface area contributed by atoms with Crippen LogP contribution in [0.4, 0.5) is 0 Å². The van der Waals surface area contributed by atoms with Crippen LogP contribution in [0.3, 0.4) is 0 Å². The standard InChI is InChI=1S/C9H12N2/c1-4-8-9(6-7-10-8)11(3)5-2/h4-7H,2H2,1,3H3/b8-4+. The predicted molar refractivity (Wildman–Crippen MR) is 48.3 cm³/mol. The van der Waals surface area contributed by atoms with Crippen LogP contribution in [0.1, 0.15) is 6.92 Å². The van der Waals surface area contributed by atoms with E-state index in [4.69, 9.17) is 0 Å². The number of nitrogens with zero attached hydrogens (tertiary/aromatic N) is 2. The quantitative estimate of drug-likeness (QED) is 0.584. The average molecular weight is 148 g/mol. The van der Waals surface area contributed by atoms with Gasteiger partial charge in [-0.15, -0.1) is 0 Å². The fourth-order valence-corrected chi connectivity index (χ4v) is 0.959. The molecule has 0 N–H and O–H groups in total. The fraction of sp³-hybridized carbons (Fsp3) is 0.222. The van der Waals surface area contributed by atoms with Crippen LogP contribution >= 0.6 is 0 Å². The second kappa shape index (κ2) is 3.19. The lowest BCUT2D eigenvalue weighted by Crippen LogP contribution is -2.09. The maximum atomic E-state index is 4.16. The molecule has 0 fully saturated rings. The smallest absolute Gasteiger partial charge is 0.0824 e. The Labute approximate surface area is 67.2 Å². The first-order chi connectivity index (χ1) is 5.29. The highest BCUT2D eigenvalue weighted by atomic mass is 15.1. The molecule has 2 heteroatoms. The number of allylic oxidation sites excluding steroid dienone is 2. The highest BCUT2D eigenvalue weighted by Gasteiger charge is 2.08. The first-order valence-electron chi connectivity index (χ1n) is 3.56. The second-order valence-electron chi connectivity index (χ2n) is 2.30. The van der Waals surface area contributed by atoms with Crippen LogP contribution in [0.25, 0.3) is 0 Å². The third kappa shape index (κ3) is 1.40. The maximum absolute atomic E-state index is 4.16. The van der Waals surface area contributed by atoms with Crippen molar-refractivity contribution < 1.29 is 0 Å². The monoisotopic (exact) mass is 148 g/mol. The molecule has 0 aliphatic carbocycles. The van der Waals surface area contributed by atoms with E-state index < -0.39 is 0 Å². The first kappa shape index (κ1) is 7.79. The van der Waals surface area contributed by atoms with Crippen molar-refractivity contribution in [3.63, 3.8) is 0 Å². The van der Waals surface area contributed by atoms with Crippen molar-refractivity contribution in [3.05, 3.63) is 36.3 Å². The van der Waals surface area contributed by atoms with Crippen molar-refractivity contribution in [1.82, 2.24) is 4.90 Å². The summed E-state index contributed by atoms with van der Waals surface area (Å²) in [6.07, 6.45) is 7.51. The minimum absolute atomic E-state index is 1.01. The van der Waals surface area contributed by atoms with Gasteiger partial charge in [0.05, 0.1) is 11.4 Å². The summed E-state index contributed by atoms with van der Waals surface area (Å²) in [7, 11) is 1.96. The maximum Gasteiger partial charge on any atom is 0.0824 e. The van der Waals surface area contributed by atoms with Crippen LogP contribution in [0, 0.1) is 0 Å².